The first-order valence-electron chi connectivity index (χ1n) is 12.3. The smallest absolute Gasteiger partial charge is 0.336 e. The molecule has 4 aromatic rings. The maximum absolute atomic E-state index is 13.4. The molecule has 1 aromatic heterocycles. The number of nitrogens with zero attached hydrogens (tertiary/aromatic N) is 2. The van der Waals surface area contributed by atoms with E-state index in [2.05, 4.69) is 34.5 Å². The number of hydrogen-bond acceptors (Lipinski definition) is 6. The lowest BCUT2D eigenvalue weighted by atomic mass is 9.89. The van der Waals surface area contributed by atoms with Gasteiger partial charge in [0.1, 0.15) is 5.58 Å². The van der Waals surface area contributed by atoms with Crippen LogP contribution in [-0.4, -0.2) is 23.9 Å². The molecule has 1 saturated heterocycles. The second-order valence-corrected chi connectivity index (χ2v) is 9.49. The van der Waals surface area contributed by atoms with Crippen LogP contribution in [0.25, 0.3) is 11.0 Å². The van der Waals surface area contributed by atoms with Crippen LogP contribution in [0.1, 0.15) is 34.3 Å². The molecule has 0 spiro atoms. The quantitative estimate of drug-likeness (QED) is 0.207. The fraction of sp³-hybridized carbons (Fsp3) is 0.241. The van der Waals surface area contributed by atoms with E-state index in [1.54, 1.807) is 24.3 Å². The first-order valence-corrected chi connectivity index (χ1v) is 12.3. The lowest BCUT2D eigenvalue weighted by molar-refractivity contribution is -0.384. The van der Waals surface area contributed by atoms with E-state index in [9.17, 15) is 19.7 Å². The van der Waals surface area contributed by atoms with Gasteiger partial charge in [-0.05, 0) is 61.4 Å². The highest BCUT2D eigenvalue weighted by molar-refractivity contribution is 6.09. The summed E-state index contributed by atoms with van der Waals surface area (Å²) in [6.07, 6.45) is 2.95. The van der Waals surface area contributed by atoms with Crippen molar-refractivity contribution in [3.8, 4) is 0 Å². The number of nitro groups is 1. The van der Waals surface area contributed by atoms with Crippen LogP contribution in [0.15, 0.2) is 82.0 Å². The molecule has 0 aliphatic carbocycles. The third kappa shape index (κ3) is 5.38. The van der Waals surface area contributed by atoms with Crippen molar-refractivity contribution in [1.29, 1.82) is 0 Å². The van der Waals surface area contributed by atoms with Crippen molar-refractivity contribution in [2.45, 2.75) is 26.2 Å². The zero-order valence-corrected chi connectivity index (χ0v) is 20.5. The van der Waals surface area contributed by atoms with Crippen LogP contribution in [0.5, 0.6) is 0 Å². The van der Waals surface area contributed by atoms with E-state index >= 15 is 0 Å². The topological polar surface area (TPSA) is 106 Å². The Bertz CT molecular complexity index is 1520. The highest BCUT2D eigenvalue weighted by Crippen LogP contribution is 2.31. The van der Waals surface area contributed by atoms with E-state index in [-0.39, 0.29) is 11.3 Å². The third-order valence-electron chi connectivity index (χ3n) is 6.97. The van der Waals surface area contributed by atoms with Crippen LogP contribution in [0.2, 0.25) is 0 Å². The molecule has 0 atom stereocenters. The first kappa shape index (κ1) is 24.2. The van der Waals surface area contributed by atoms with Crippen molar-refractivity contribution in [3.05, 3.63) is 110 Å². The number of carbonyl (C=O) groups excluding carboxylic acids is 1. The number of benzene rings is 3. The summed E-state index contributed by atoms with van der Waals surface area (Å²) in [6, 6.07) is 21.3. The van der Waals surface area contributed by atoms with Gasteiger partial charge >= 0.3 is 5.63 Å². The Morgan fingerprint density at radius 1 is 1.05 bits per heavy atom. The number of hydrogen-bond donors (Lipinski definition) is 1. The number of carbonyl (C=O) groups is 1. The molecule has 1 N–H and O–H groups in total. The van der Waals surface area contributed by atoms with E-state index in [0.29, 0.717) is 22.9 Å². The van der Waals surface area contributed by atoms with Crippen molar-refractivity contribution in [1.82, 2.24) is 0 Å². The second kappa shape index (κ2) is 10.3. The zero-order valence-electron chi connectivity index (χ0n) is 20.5. The van der Waals surface area contributed by atoms with E-state index in [1.807, 2.05) is 13.0 Å². The molecule has 3 aromatic carbocycles. The Morgan fingerprint density at radius 2 is 1.81 bits per heavy atom. The minimum Gasteiger partial charge on any atom is -0.423 e. The van der Waals surface area contributed by atoms with Gasteiger partial charge in [0.15, 0.2) is 0 Å². The van der Waals surface area contributed by atoms with Gasteiger partial charge in [-0.3, -0.25) is 14.9 Å². The summed E-state index contributed by atoms with van der Waals surface area (Å²) in [6.45, 7) is 3.34. The Morgan fingerprint density at radius 3 is 2.54 bits per heavy atom. The van der Waals surface area contributed by atoms with Gasteiger partial charge < -0.3 is 14.6 Å². The highest BCUT2D eigenvalue weighted by Gasteiger charge is 2.25. The summed E-state index contributed by atoms with van der Waals surface area (Å²) in [5.41, 5.74) is 3.19. The zero-order chi connectivity index (χ0) is 25.9. The average molecular weight is 498 g/mol. The van der Waals surface area contributed by atoms with Crippen molar-refractivity contribution in [3.63, 3.8) is 0 Å². The number of amides is 1. The van der Waals surface area contributed by atoms with Crippen molar-refractivity contribution in [2.75, 3.05) is 23.3 Å². The fourth-order valence-corrected chi connectivity index (χ4v) is 5.02. The van der Waals surface area contributed by atoms with E-state index in [4.69, 9.17) is 4.42 Å². The van der Waals surface area contributed by atoms with Gasteiger partial charge in [0.25, 0.3) is 11.6 Å². The molecule has 1 aliphatic rings. The molecule has 1 amide bonds. The molecule has 1 fully saturated rings. The maximum atomic E-state index is 13.4. The van der Waals surface area contributed by atoms with Gasteiger partial charge in [0.05, 0.1) is 16.2 Å². The molecule has 37 heavy (non-hydrogen) atoms. The van der Waals surface area contributed by atoms with Gasteiger partial charge in [-0.1, -0.05) is 30.3 Å². The number of piperidine rings is 1. The number of nitrogens with one attached hydrogen (secondary N) is 1. The lowest BCUT2D eigenvalue weighted by Gasteiger charge is -2.34. The molecule has 8 nitrogen and oxygen atoms in total. The van der Waals surface area contributed by atoms with Gasteiger partial charge in [0.2, 0.25) is 0 Å². The highest BCUT2D eigenvalue weighted by atomic mass is 16.6. The summed E-state index contributed by atoms with van der Waals surface area (Å²) in [5.74, 6) is 0.0872. The van der Waals surface area contributed by atoms with E-state index in [0.717, 1.165) is 43.3 Å². The van der Waals surface area contributed by atoms with Gasteiger partial charge in [-0.25, -0.2) is 4.79 Å². The molecule has 0 radical (unpaired) electrons. The first-order chi connectivity index (χ1) is 17.9. The Balaban J connectivity index is 1.37. The molecular formula is C29H27N3O5. The van der Waals surface area contributed by atoms with Crippen LogP contribution in [0, 0.1) is 23.0 Å². The molecule has 188 valence electrons. The summed E-state index contributed by atoms with van der Waals surface area (Å²) in [4.78, 5) is 38.3. The number of aryl methyl sites for hydroxylation is 1. The molecule has 0 bridgehead atoms. The monoisotopic (exact) mass is 497 g/mol. The SMILES string of the molecule is Cc1cc(=O)oc2cc(NC(=O)c3cc([N+](=O)[O-])ccc3N3CCC(Cc4ccccc4)CC3)ccc12. The predicted molar refractivity (Wildman–Crippen MR) is 143 cm³/mol. The lowest BCUT2D eigenvalue weighted by Crippen LogP contribution is -2.35. The summed E-state index contributed by atoms with van der Waals surface area (Å²) in [7, 11) is 0. The van der Waals surface area contributed by atoms with Gasteiger partial charge in [-0.15, -0.1) is 0 Å². The maximum Gasteiger partial charge on any atom is 0.336 e. The van der Waals surface area contributed by atoms with Crippen LogP contribution in [0.4, 0.5) is 17.1 Å². The molecule has 1 aliphatic heterocycles. The number of non-ortho nitro benzene ring substituents is 1. The Labute approximate surface area is 213 Å². The standard InChI is InChI=1S/C29H27N3O5/c1-19-15-28(33)37-27-17-22(7-9-24(19)27)30-29(34)25-18-23(32(35)36)8-10-26(25)31-13-11-21(12-14-31)16-20-5-3-2-4-6-20/h2-10,15,17-18,21H,11-14,16H2,1H3,(H,30,34). The van der Waals surface area contributed by atoms with Gasteiger partial charge in [-0.2, -0.15) is 0 Å². The second-order valence-electron chi connectivity index (χ2n) is 9.49. The van der Waals surface area contributed by atoms with E-state index in [1.165, 1.54) is 23.8 Å². The van der Waals surface area contributed by atoms with Gasteiger partial charge in [0, 0.05) is 48.4 Å². The van der Waals surface area contributed by atoms with Crippen LogP contribution in [-0.2, 0) is 6.42 Å². The van der Waals surface area contributed by atoms with Crippen LogP contribution < -0.4 is 15.8 Å². The summed E-state index contributed by atoms with van der Waals surface area (Å²) >= 11 is 0. The van der Waals surface area contributed by atoms with Crippen molar-refractivity contribution < 1.29 is 14.1 Å². The van der Waals surface area contributed by atoms with E-state index < -0.39 is 16.5 Å². The van der Waals surface area contributed by atoms with Crippen molar-refractivity contribution >= 4 is 33.9 Å². The molecular weight excluding hydrogens is 470 g/mol. The number of rotatable bonds is 6. The molecule has 0 saturated carbocycles. The molecule has 2 heterocycles. The largest absolute Gasteiger partial charge is 0.423 e. The normalized spacial score (nSPS) is 14.0. The molecule has 5 rings (SSSR count). The fourth-order valence-electron chi connectivity index (χ4n) is 5.02. The average Bonchev–Trinajstić information content (AvgIpc) is 2.89. The van der Waals surface area contributed by atoms with Crippen LogP contribution in [0.3, 0.4) is 0 Å². The van der Waals surface area contributed by atoms with Crippen LogP contribution >= 0.6 is 0 Å². The predicted octanol–water partition coefficient (Wildman–Crippen LogP) is 5.72. The molecule has 0 unspecified atom stereocenters. The van der Waals surface area contributed by atoms with Crippen molar-refractivity contribution in [2.24, 2.45) is 5.92 Å². The summed E-state index contributed by atoms with van der Waals surface area (Å²) < 4.78 is 5.29. The minimum absolute atomic E-state index is 0.145. The molecule has 8 heteroatoms. The number of nitro benzene ring substituents is 1. The number of fused-ring (bicyclic) bond motifs is 1. The minimum atomic E-state index is -0.500. The third-order valence-corrected chi connectivity index (χ3v) is 6.97. The number of anilines is 2. The summed E-state index contributed by atoms with van der Waals surface area (Å²) in [5, 5.41) is 15.1. The Kier molecular flexibility index (Phi) is 6.72. The Hall–Kier alpha value is -4.46.